The number of sulfonamides is 1. The molecule has 0 spiro atoms. The topological polar surface area (TPSA) is 75.3 Å². The van der Waals surface area contributed by atoms with Crippen molar-refractivity contribution in [3.05, 3.63) is 58.3 Å². The molecule has 0 unspecified atom stereocenters. The first-order chi connectivity index (χ1) is 11.2. The largest absolute Gasteiger partial charge is 0.325 e. The lowest BCUT2D eigenvalue weighted by Gasteiger charge is -2.15. The summed E-state index contributed by atoms with van der Waals surface area (Å²) in [5.74, 6) is -1.17. The number of hydrogen-bond donors (Lipinski definition) is 2. The van der Waals surface area contributed by atoms with Gasteiger partial charge in [-0.15, -0.1) is 0 Å². The number of rotatable bonds is 5. The van der Waals surface area contributed by atoms with Gasteiger partial charge in [-0.2, -0.15) is 4.72 Å². The van der Waals surface area contributed by atoms with E-state index >= 15 is 0 Å². The number of halogens is 3. The summed E-state index contributed by atoms with van der Waals surface area (Å²) in [6.07, 6.45) is 0. The van der Waals surface area contributed by atoms with Crippen LogP contribution in [0.3, 0.4) is 0 Å². The van der Waals surface area contributed by atoms with E-state index in [0.717, 1.165) is 6.07 Å². The Kier molecular flexibility index (Phi) is 5.82. The Balaban J connectivity index is 2.14. The summed E-state index contributed by atoms with van der Waals surface area (Å²) < 4.78 is 40.0. The molecule has 24 heavy (non-hydrogen) atoms. The standard InChI is InChI=1S/C15H13Cl2FN2O3S/c1-9(15(21)19-12-4-2-3-11(18)8-12)20-24(22,23)14-7-10(16)5-6-13(14)17/h2-9,20H,1H3,(H,19,21)/t9-/m1/s1. The zero-order chi connectivity index (χ0) is 17.9. The van der Waals surface area contributed by atoms with Gasteiger partial charge in [-0.25, -0.2) is 12.8 Å². The van der Waals surface area contributed by atoms with Crippen LogP contribution in [0.15, 0.2) is 47.4 Å². The van der Waals surface area contributed by atoms with Gasteiger partial charge in [0.05, 0.1) is 11.1 Å². The second kappa shape index (κ2) is 7.48. The lowest BCUT2D eigenvalue weighted by molar-refractivity contribution is -0.117. The van der Waals surface area contributed by atoms with Gasteiger partial charge in [-0.1, -0.05) is 29.3 Å². The van der Waals surface area contributed by atoms with E-state index in [1.165, 1.54) is 43.3 Å². The molecular weight excluding hydrogens is 378 g/mol. The van der Waals surface area contributed by atoms with Crippen LogP contribution in [0.2, 0.25) is 10.0 Å². The van der Waals surface area contributed by atoms with E-state index in [1.807, 2.05) is 0 Å². The van der Waals surface area contributed by atoms with Crippen molar-refractivity contribution in [3.63, 3.8) is 0 Å². The van der Waals surface area contributed by atoms with Gasteiger partial charge in [0.2, 0.25) is 15.9 Å². The highest BCUT2D eigenvalue weighted by Crippen LogP contribution is 2.25. The van der Waals surface area contributed by atoms with Crippen LogP contribution in [0.5, 0.6) is 0 Å². The molecule has 2 aromatic rings. The molecule has 9 heteroatoms. The predicted octanol–water partition coefficient (Wildman–Crippen LogP) is 3.44. The lowest BCUT2D eigenvalue weighted by atomic mass is 10.3. The molecule has 0 aromatic heterocycles. The van der Waals surface area contributed by atoms with Crippen LogP contribution in [-0.4, -0.2) is 20.4 Å². The molecule has 0 saturated carbocycles. The molecule has 0 aliphatic carbocycles. The Morgan fingerprint density at radius 2 is 1.88 bits per heavy atom. The van der Waals surface area contributed by atoms with Gasteiger partial charge in [0.15, 0.2) is 0 Å². The van der Waals surface area contributed by atoms with E-state index < -0.39 is 27.8 Å². The van der Waals surface area contributed by atoms with Crippen molar-refractivity contribution >= 4 is 44.8 Å². The maximum atomic E-state index is 13.1. The van der Waals surface area contributed by atoms with Crippen molar-refractivity contribution in [1.82, 2.24) is 4.72 Å². The first-order valence-electron chi connectivity index (χ1n) is 6.73. The van der Waals surface area contributed by atoms with E-state index in [4.69, 9.17) is 23.2 Å². The molecule has 0 radical (unpaired) electrons. The first-order valence-corrected chi connectivity index (χ1v) is 8.97. The van der Waals surface area contributed by atoms with Crippen molar-refractivity contribution in [2.45, 2.75) is 17.9 Å². The Morgan fingerprint density at radius 3 is 2.54 bits per heavy atom. The molecule has 0 aliphatic heterocycles. The molecule has 0 aliphatic rings. The first kappa shape index (κ1) is 18.7. The summed E-state index contributed by atoms with van der Waals surface area (Å²) in [7, 11) is -4.06. The molecule has 1 atom stereocenters. The Bertz CT molecular complexity index is 875. The predicted molar refractivity (Wildman–Crippen MR) is 91.3 cm³/mol. The number of carbonyl (C=O) groups is 1. The zero-order valence-electron chi connectivity index (χ0n) is 12.4. The van der Waals surface area contributed by atoms with Crippen molar-refractivity contribution < 1.29 is 17.6 Å². The molecule has 5 nitrogen and oxygen atoms in total. The summed E-state index contributed by atoms with van der Waals surface area (Å²) in [5.41, 5.74) is 0.215. The number of benzene rings is 2. The summed E-state index contributed by atoms with van der Waals surface area (Å²) in [5, 5.41) is 2.59. The van der Waals surface area contributed by atoms with Crippen LogP contribution < -0.4 is 10.0 Å². The van der Waals surface area contributed by atoms with Crippen molar-refractivity contribution in [2.75, 3.05) is 5.32 Å². The maximum Gasteiger partial charge on any atom is 0.242 e. The molecule has 0 saturated heterocycles. The SMILES string of the molecule is C[C@@H](NS(=O)(=O)c1cc(Cl)ccc1Cl)C(=O)Nc1cccc(F)c1. The lowest BCUT2D eigenvalue weighted by Crippen LogP contribution is -2.41. The zero-order valence-corrected chi connectivity index (χ0v) is 14.7. The van der Waals surface area contributed by atoms with E-state index in [0.29, 0.717) is 0 Å². The van der Waals surface area contributed by atoms with Gasteiger partial charge in [0.1, 0.15) is 10.7 Å². The minimum atomic E-state index is -4.06. The van der Waals surface area contributed by atoms with Crippen LogP contribution >= 0.6 is 23.2 Å². The van der Waals surface area contributed by atoms with Gasteiger partial charge in [0.25, 0.3) is 0 Å². The van der Waals surface area contributed by atoms with Gasteiger partial charge < -0.3 is 5.32 Å². The van der Waals surface area contributed by atoms with Gasteiger partial charge >= 0.3 is 0 Å². The smallest absolute Gasteiger partial charge is 0.242 e. The van der Waals surface area contributed by atoms with E-state index in [9.17, 15) is 17.6 Å². The molecule has 1 amide bonds. The Labute approximate surface area is 148 Å². The summed E-state index contributed by atoms with van der Waals surface area (Å²) in [6, 6.07) is 8.10. The highest BCUT2D eigenvalue weighted by Gasteiger charge is 2.24. The fraction of sp³-hybridized carbons (Fsp3) is 0.133. The maximum absolute atomic E-state index is 13.1. The quantitative estimate of drug-likeness (QED) is 0.820. The van der Waals surface area contributed by atoms with Crippen LogP contribution in [-0.2, 0) is 14.8 Å². The van der Waals surface area contributed by atoms with E-state index in [2.05, 4.69) is 10.0 Å². The summed E-state index contributed by atoms with van der Waals surface area (Å²) >= 11 is 11.6. The monoisotopic (exact) mass is 390 g/mol. The van der Waals surface area contributed by atoms with E-state index in [-0.39, 0.29) is 20.6 Å². The normalized spacial score (nSPS) is 12.7. The highest BCUT2D eigenvalue weighted by molar-refractivity contribution is 7.89. The third-order valence-corrected chi connectivity index (χ3v) is 5.26. The second-order valence-electron chi connectivity index (χ2n) is 4.92. The second-order valence-corrected chi connectivity index (χ2v) is 7.44. The summed E-state index contributed by atoms with van der Waals surface area (Å²) in [6.45, 7) is 1.35. The third-order valence-electron chi connectivity index (χ3n) is 3.00. The molecule has 2 N–H and O–H groups in total. The molecule has 2 aromatic carbocycles. The highest BCUT2D eigenvalue weighted by atomic mass is 35.5. The third kappa shape index (κ3) is 4.67. The summed E-state index contributed by atoms with van der Waals surface area (Å²) in [4.78, 5) is 11.8. The molecule has 0 fully saturated rings. The van der Waals surface area contributed by atoms with Crippen molar-refractivity contribution in [2.24, 2.45) is 0 Å². The molecular formula is C15H13Cl2FN2O3S. The molecule has 0 heterocycles. The number of nitrogens with one attached hydrogen (secondary N) is 2. The molecule has 0 bridgehead atoms. The number of hydrogen-bond acceptors (Lipinski definition) is 3. The fourth-order valence-electron chi connectivity index (χ4n) is 1.85. The average molecular weight is 391 g/mol. The van der Waals surface area contributed by atoms with Crippen LogP contribution in [0.4, 0.5) is 10.1 Å². The van der Waals surface area contributed by atoms with Crippen LogP contribution in [0.25, 0.3) is 0 Å². The van der Waals surface area contributed by atoms with Gasteiger partial charge in [-0.3, -0.25) is 4.79 Å². The average Bonchev–Trinajstić information content (AvgIpc) is 2.49. The van der Waals surface area contributed by atoms with Gasteiger partial charge in [0, 0.05) is 10.7 Å². The minimum Gasteiger partial charge on any atom is -0.325 e. The number of anilines is 1. The fourth-order valence-corrected chi connectivity index (χ4v) is 3.82. The van der Waals surface area contributed by atoms with Crippen molar-refractivity contribution in [3.8, 4) is 0 Å². The number of carbonyl (C=O) groups excluding carboxylic acids is 1. The van der Waals surface area contributed by atoms with Crippen LogP contribution in [0, 0.1) is 5.82 Å². The molecule has 2 rings (SSSR count). The Morgan fingerprint density at radius 1 is 1.17 bits per heavy atom. The van der Waals surface area contributed by atoms with Crippen LogP contribution in [0.1, 0.15) is 6.92 Å². The van der Waals surface area contributed by atoms with Gasteiger partial charge in [-0.05, 0) is 43.3 Å². The van der Waals surface area contributed by atoms with E-state index in [1.54, 1.807) is 0 Å². The minimum absolute atomic E-state index is 0.0235. The Hall–Kier alpha value is -1.67. The van der Waals surface area contributed by atoms with Crippen molar-refractivity contribution in [1.29, 1.82) is 0 Å². The number of amides is 1. The molecule has 128 valence electrons.